The second kappa shape index (κ2) is 12.3. The van der Waals surface area contributed by atoms with Gasteiger partial charge in [0, 0.05) is 44.7 Å². The highest BCUT2D eigenvalue weighted by Gasteiger charge is 2.46. The normalized spacial score (nSPS) is 16.0. The number of carbonyl (C=O) groups is 3. The number of ether oxygens (including phenoxy) is 3. The molecule has 3 unspecified atom stereocenters. The van der Waals surface area contributed by atoms with Gasteiger partial charge in [-0.3, -0.25) is 25.2 Å². The molecule has 3 amide bonds. The van der Waals surface area contributed by atoms with Gasteiger partial charge in [0.1, 0.15) is 23.2 Å². The molecule has 2 aliphatic rings. The van der Waals surface area contributed by atoms with E-state index in [0.717, 1.165) is 38.6 Å². The molecule has 11 nitrogen and oxygen atoms in total. The van der Waals surface area contributed by atoms with Crippen molar-refractivity contribution in [3.05, 3.63) is 119 Å². The lowest BCUT2D eigenvalue weighted by Crippen LogP contribution is -2.55. The number of rotatable bonds is 8. The quantitative estimate of drug-likeness (QED) is 0.130. The van der Waals surface area contributed by atoms with Crippen LogP contribution >= 0.6 is 0 Å². The van der Waals surface area contributed by atoms with Crippen molar-refractivity contribution in [3.63, 3.8) is 0 Å². The Hall–Kier alpha value is -6.23. The van der Waals surface area contributed by atoms with Crippen molar-refractivity contribution in [1.29, 1.82) is 0 Å². The number of para-hydroxylation sites is 1. The topological polar surface area (TPSA) is 138 Å². The van der Waals surface area contributed by atoms with E-state index >= 15 is 0 Å². The first-order chi connectivity index (χ1) is 24.3. The Morgan fingerprint density at radius 1 is 0.900 bits per heavy atom. The summed E-state index contributed by atoms with van der Waals surface area (Å²) >= 11 is 0. The van der Waals surface area contributed by atoms with E-state index in [0.29, 0.717) is 35.0 Å². The number of aromatic nitrogens is 2. The van der Waals surface area contributed by atoms with Gasteiger partial charge < -0.3 is 29.1 Å². The molecule has 11 heteroatoms. The van der Waals surface area contributed by atoms with Gasteiger partial charge in [0.15, 0.2) is 11.5 Å². The Bertz CT molecular complexity index is 2310. The van der Waals surface area contributed by atoms with Crippen LogP contribution in [0, 0.1) is 12.8 Å². The van der Waals surface area contributed by atoms with E-state index in [-0.39, 0.29) is 24.3 Å². The Kier molecular flexibility index (Phi) is 7.67. The molecule has 3 atom stereocenters. The molecule has 8 rings (SSSR count). The maximum Gasteiger partial charge on any atom is 0.286 e. The van der Waals surface area contributed by atoms with Crippen molar-refractivity contribution in [2.75, 3.05) is 6.79 Å². The van der Waals surface area contributed by atoms with Gasteiger partial charge >= 0.3 is 0 Å². The smallest absolute Gasteiger partial charge is 0.286 e. The lowest BCUT2D eigenvalue weighted by Gasteiger charge is -2.36. The molecule has 0 aliphatic carbocycles. The third kappa shape index (κ3) is 5.27. The molecule has 0 fully saturated rings. The fourth-order valence-corrected chi connectivity index (χ4v) is 7.08. The minimum Gasteiger partial charge on any atom is -0.457 e. The van der Waals surface area contributed by atoms with E-state index in [9.17, 15) is 14.4 Å². The van der Waals surface area contributed by atoms with Crippen molar-refractivity contribution in [1.82, 2.24) is 25.7 Å². The van der Waals surface area contributed by atoms with E-state index in [2.05, 4.69) is 20.8 Å². The third-order valence-electron chi connectivity index (χ3n) is 9.68. The molecule has 2 aromatic heterocycles. The standard InChI is InChI=1S/C39H35N5O6/c1-4-21(2)35(44-36(26-9-5-6-10-27(26)39(44)47)34-22(3)40-30-12-8-7-11-28(30)34)38(46)43-42-37(45)31-18-23-17-24(13-15-29(23)41-31)50-25-14-16-32-33(19-25)49-20-48-32/h5-19,21,35-36,40-41H,4,20H2,1-3H3,(H,42,45)(H,43,46). The van der Waals surface area contributed by atoms with Crippen molar-refractivity contribution in [2.45, 2.75) is 39.3 Å². The second-order valence-electron chi connectivity index (χ2n) is 12.7. The van der Waals surface area contributed by atoms with Gasteiger partial charge in [-0.2, -0.15) is 0 Å². The molecule has 4 aromatic carbocycles. The number of hydrazine groups is 1. The highest BCUT2D eigenvalue weighted by atomic mass is 16.7. The molecule has 0 saturated carbocycles. The van der Waals surface area contributed by atoms with E-state index in [4.69, 9.17) is 14.2 Å². The fourth-order valence-electron chi connectivity index (χ4n) is 7.08. The molecule has 4 N–H and O–H groups in total. The summed E-state index contributed by atoms with van der Waals surface area (Å²) in [4.78, 5) is 49.9. The average molecular weight is 670 g/mol. The van der Waals surface area contributed by atoms with Crippen molar-refractivity contribution in [3.8, 4) is 23.0 Å². The summed E-state index contributed by atoms with van der Waals surface area (Å²) in [5.41, 5.74) is 10.4. The SMILES string of the molecule is CCC(C)C(C(=O)NNC(=O)c1cc2cc(Oc3ccc4c(c3)OCO4)ccc2[nH]1)N1C(=O)c2ccccc2C1c1c(C)[nH]c2ccccc12. The van der Waals surface area contributed by atoms with Crippen LogP contribution in [0.25, 0.3) is 21.8 Å². The Morgan fingerprint density at radius 2 is 1.66 bits per heavy atom. The Morgan fingerprint density at radius 3 is 2.52 bits per heavy atom. The van der Waals surface area contributed by atoms with Crippen LogP contribution in [0.2, 0.25) is 0 Å². The summed E-state index contributed by atoms with van der Waals surface area (Å²) in [6.45, 7) is 6.10. The molecule has 0 bridgehead atoms. The average Bonchev–Trinajstić information content (AvgIpc) is 3.90. The predicted molar refractivity (Wildman–Crippen MR) is 187 cm³/mol. The number of hydrogen-bond acceptors (Lipinski definition) is 6. The van der Waals surface area contributed by atoms with E-state index < -0.39 is 23.9 Å². The lowest BCUT2D eigenvalue weighted by atomic mass is 9.91. The predicted octanol–water partition coefficient (Wildman–Crippen LogP) is 6.90. The molecule has 6 aromatic rings. The molecule has 0 radical (unpaired) electrons. The molecular formula is C39H35N5O6. The number of nitrogens with one attached hydrogen (secondary N) is 4. The number of fused-ring (bicyclic) bond motifs is 4. The fraction of sp³-hybridized carbons (Fsp3) is 0.205. The summed E-state index contributed by atoms with van der Waals surface area (Å²) in [5.74, 6) is 0.973. The van der Waals surface area contributed by atoms with Gasteiger partial charge in [-0.25, -0.2) is 0 Å². The highest BCUT2D eigenvalue weighted by molar-refractivity contribution is 6.04. The number of H-pyrrole nitrogens is 2. The molecule has 50 heavy (non-hydrogen) atoms. The van der Waals surface area contributed by atoms with Gasteiger partial charge in [0.05, 0.1) is 6.04 Å². The maximum absolute atomic E-state index is 14.2. The maximum atomic E-state index is 14.2. The number of nitrogens with zero attached hydrogens (tertiary/aromatic N) is 1. The van der Waals surface area contributed by atoms with Crippen molar-refractivity contribution < 1.29 is 28.6 Å². The molecule has 4 heterocycles. The van der Waals surface area contributed by atoms with Gasteiger partial charge in [0.25, 0.3) is 17.7 Å². The zero-order valence-corrected chi connectivity index (χ0v) is 27.7. The lowest BCUT2D eigenvalue weighted by molar-refractivity contribution is -0.128. The van der Waals surface area contributed by atoms with Crippen LogP contribution in [0.1, 0.15) is 64.0 Å². The summed E-state index contributed by atoms with van der Waals surface area (Å²) in [6.07, 6.45) is 0.629. The number of carbonyl (C=O) groups excluding carboxylic acids is 3. The Balaban J connectivity index is 1.04. The number of amides is 3. The Labute approximate surface area is 287 Å². The van der Waals surface area contributed by atoms with Gasteiger partial charge in [-0.1, -0.05) is 56.7 Å². The zero-order chi connectivity index (χ0) is 34.5. The van der Waals surface area contributed by atoms with Crippen LogP contribution in [0.3, 0.4) is 0 Å². The first-order valence-corrected chi connectivity index (χ1v) is 16.6. The first-order valence-electron chi connectivity index (χ1n) is 16.6. The molecule has 0 saturated heterocycles. The summed E-state index contributed by atoms with van der Waals surface area (Å²) in [6, 6.07) is 26.6. The highest BCUT2D eigenvalue weighted by Crippen LogP contribution is 2.45. The van der Waals surface area contributed by atoms with E-state index in [1.807, 2.05) is 81.4 Å². The minimum absolute atomic E-state index is 0.174. The van der Waals surface area contributed by atoms with Crippen LogP contribution in [0.5, 0.6) is 23.0 Å². The van der Waals surface area contributed by atoms with E-state index in [1.165, 1.54) is 0 Å². The zero-order valence-electron chi connectivity index (χ0n) is 27.7. The number of aryl methyl sites for hydroxylation is 1. The minimum atomic E-state index is -0.878. The molecule has 2 aliphatic heterocycles. The summed E-state index contributed by atoms with van der Waals surface area (Å²) < 4.78 is 16.8. The van der Waals surface area contributed by atoms with Crippen LogP contribution in [0.15, 0.2) is 91.0 Å². The third-order valence-corrected chi connectivity index (χ3v) is 9.68. The molecule has 252 valence electrons. The molecular weight excluding hydrogens is 634 g/mol. The second-order valence-corrected chi connectivity index (χ2v) is 12.7. The first kappa shape index (κ1) is 31.1. The van der Waals surface area contributed by atoms with Gasteiger partial charge in [-0.15, -0.1) is 0 Å². The van der Waals surface area contributed by atoms with Crippen LogP contribution in [0.4, 0.5) is 0 Å². The number of benzene rings is 4. The van der Waals surface area contributed by atoms with Crippen molar-refractivity contribution >= 4 is 39.5 Å². The van der Waals surface area contributed by atoms with Gasteiger partial charge in [-0.05, 0) is 66.9 Å². The van der Waals surface area contributed by atoms with Crippen LogP contribution in [-0.4, -0.2) is 45.4 Å². The number of hydrogen-bond donors (Lipinski definition) is 4. The molecule has 0 spiro atoms. The van der Waals surface area contributed by atoms with Crippen LogP contribution < -0.4 is 25.1 Å². The monoisotopic (exact) mass is 669 g/mol. The number of aromatic amines is 2. The summed E-state index contributed by atoms with van der Waals surface area (Å²) in [7, 11) is 0. The van der Waals surface area contributed by atoms with Crippen LogP contribution in [-0.2, 0) is 4.79 Å². The van der Waals surface area contributed by atoms with Crippen molar-refractivity contribution in [2.24, 2.45) is 5.92 Å². The summed E-state index contributed by atoms with van der Waals surface area (Å²) in [5, 5.41) is 1.74. The largest absolute Gasteiger partial charge is 0.457 e. The van der Waals surface area contributed by atoms with E-state index in [1.54, 1.807) is 35.2 Å². The van der Waals surface area contributed by atoms with Gasteiger partial charge in [0.2, 0.25) is 6.79 Å².